The van der Waals surface area contributed by atoms with E-state index in [1.807, 2.05) is 0 Å². The molecule has 0 N–H and O–H groups in total. The van der Waals surface area contributed by atoms with Crippen LogP contribution in [0.3, 0.4) is 0 Å². The maximum absolute atomic E-state index is 11.8. The third-order valence-electron chi connectivity index (χ3n) is 3.21. The van der Waals surface area contributed by atoms with E-state index >= 15 is 0 Å². The molecule has 3 aromatic rings. The number of rotatable bonds is 4. The van der Waals surface area contributed by atoms with Crippen LogP contribution in [0, 0.1) is 22.5 Å². The van der Waals surface area contributed by atoms with Gasteiger partial charge in [0.15, 0.2) is 12.2 Å². The largest absolute Gasteiger partial charge is 0.449 e. The lowest BCUT2D eigenvalue weighted by molar-refractivity contribution is -0.384. The second kappa shape index (κ2) is 6.22. The second-order valence-corrected chi connectivity index (χ2v) is 4.79. The molecule has 0 aliphatic rings. The van der Waals surface area contributed by atoms with Crippen LogP contribution in [0.15, 0.2) is 46.9 Å². The van der Waals surface area contributed by atoms with Crippen LogP contribution in [0.25, 0.3) is 22.6 Å². The van der Waals surface area contributed by atoms with Crippen molar-refractivity contribution in [3.63, 3.8) is 0 Å². The van der Waals surface area contributed by atoms with Gasteiger partial charge in [-0.25, -0.2) is 9.78 Å². The molecule has 3 rings (SSSR count). The van der Waals surface area contributed by atoms with Crippen LogP contribution in [-0.4, -0.2) is 22.5 Å². The van der Waals surface area contributed by atoms with Crippen molar-refractivity contribution in [3.05, 3.63) is 58.1 Å². The molecule has 2 aromatic carbocycles. The van der Waals surface area contributed by atoms with E-state index in [0.717, 1.165) is 0 Å². The Morgan fingerprint density at radius 1 is 1.33 bits per heavy atom. The minimum absolute atomic E-state index is 0.0750. The number of ether oxygens (including phenoxy) is 1. The first-order valence-electron chi connectivity index (χ1n) is 6.84. The van der Waals surface area contributed by atoms with Crippen LogP contribution in [0.1, 0.15) is 10.4 Å². The molecule has 0 radical (unpaired) electrons. The summed E-state index contributed by atoms with van der Waals surface area (Å²) in [5, 5.41) is 10.8. The van der Waals surface area contributed by atoms with Crippen LogP contribution in [0.5, 0.6) is 0 Å². The lowest BCUT2D eigenvalue weighted by atomic mass is 10.1. The van der Waals surface area contributed by atoms with Crippen LogP contribution in [0.2, 0.25) is 0 Å². The Balaban J connectivity index is 1.97. The molecule has 118 valence electrons. The first-order chi connectivity index (χ1) is 11.6. The molecule has 0 saturated heterocycles. The summed E-state index contributed by atoms with van der Waals surface area (Å²) >= 11 is 0. The van der Waals surface area contributed by atoms with Gasteiger partial charge in [-0.15, -0.1) is 6.42 Å². The van der Waals surface area contributed by atoms with E-state index in [2.05, 4.69) is 10.9 Å². The number of hydrogen-bond donors (Lipinski definition) is 0. The molecule has 0 unspecified atom stereocenters. The number of aromatic nitrogens is 1. The van der Waals surface area contributed by atoms with Gasteiger partial charge in [-0.2, -0.15) is 0 Å². The lowest BCUT2D eigenvalue weighted by Gasteiger charge is -2.02. The van der Waals surface area contributed by atoms with Crippen molar-refractivity contribution in [2.24, 2.45) is 0 Å². The molecule has 0 saturated carbocycles. The average molecular weight is 322 g/mol. The molecule has 7 nitrogen and oxygen atoms in total. The molecule has 0 spiro atoms. The zero-order valence-electron chi connectivity index (χ0n) is 12.3. The van der Waals surface area contributed by atoms with E-state index in [1.165, 1.54) is 18.2 Å². The average Bonchev–Trinajstić information content (AvgIpc) is 3.03. The van der Waals surface area contributed by atoms with Crippen molar-refractivity contribution in [1.29, 1.82) is 0 Å². The van der Waals surface area contributed by atoms with Gasteiger partial charge in [0.2, 0.25) is 5.89 Å². The first-order valence-corrected chi connectivity index (χ1v) is 6.84. The van der Waals surface area contributed by atoms with Gasteiger partial charge in [0, 0.05) is 17.7 Å². The van der Waals surface area contributed by atoms with Crippen molar-refractivity contribution < 1.29 is 18.9 Å². The van der Waals surface area contributed by atoms with Gasteiger partial charge in [0.1, 0.15) is 5.52 Å². The van der Waals surface area contributed by atoms with Gasteiger partial charge >= 0.3 is 5.97 Å². The minimum Gasteiger partial charge on any atom is -0.449 e. The summed E-state index contributed by atoms with van der Waals surface area (Å²) < 4.78 is 10.5. The highest BCUT2D eigenvalue weighted by Crippen LogP contribution is 2.27. The summed E-state index contributed by atoms with van der Waals surface area (Å²) in [7, 11) is 0. The molecule has 0 bridgehead atoms. The molecule has 1 aromatic heterocycles. The number of nitrogens with zero attached hydrogens (tertiary/aromatic N) is 2. The number of fused-ring (bicyclic) bond motifs is 1. The fraction of sp³-hybridized carbons (Fsp3) is 0.0588. The number of oxazole rings is 1. The SMILES string of the molecule is C#CCOC(=O)c1cccc(-c2nc3cc([N+](=O)[O-])ccc3o2)c1. The quantitative estimate of drug-likeness (QED) is 0.317. The molecule has 1 heterocycles. The highest BCUT2D eigenvalue weighted by atomic mass is 16.6. The van der Waals surface area contributed by atoms with Gasteiger partial charge < -0.3 is 9.15 Å². The van der Waals surface area contributed by atoms with Crippen molar-refractivity contribution in [2.45, 2.75) is 0 Å². The molecular weight excluding hydrogens is 312 g/mol. The first kappa shape index (κ1) is 15.2. The molecule has 0 amide bonds. The zero-order valence-corrected chi connectivity index (χ0v) is 12.3. The molecule has 0 atom stereocenters. The number of hydrogen-bond acceptors (Lipinski definition) is 6. The maximum Gasteiger partial charge on any atom is 0.339 e. The lowest BCUT2D eigenvalue weighted by Crippen LogP contribution is -2.05. The Kier molecular flexibility index (Phi) is 3.95. The molecule has 0 aliphatic carbocycles. The van der Waals surface area contributed by atoms with Crippen molar-refractivity contribution in [3.8, 4) is 23.8 Å². The number of carbonyl (C=O) groups excluding carboxylic acids is 1. The third-order valence-corrected chi connectivity index (χ3v) is 3.21. The number of esters is 1. The van der Waals surface area contributed by atoms with Crippen molar-refractivity contribution >= 4 is 22.8 Å². The Bertz CT molecular complexity index is 984. The Morgan fingerprint density at radius 3 is 2.92 bits per heavy atom. The van der Waals surface area contributed by atoms with Crippen LogP contribution in [0.4, 0.5) is 5.69 Å². The summed E-state index contributed by atoms with van der Waals surface area (Å²) in [5.74, 6) is 1.91. The Labute approximate surface area is 136 Å². The summed E-state index contributed by atoms with van der Waals surface area (Å²) in [4.78, 5) is 26.4. The summed E-state index contributed by atoms with van der Waals surface area (Å²) in [6.45, 7) is -0.115. The highest BCUT2D eigenvalue weighted by Gasteiger charge is 2.14. The van der Waals surface area contributed by atoms with Gasteiger partial charge in [-0.3, -0.25) is 10.1 Å². The van der Waals surface area contributed by atoms with Gasteiger partial charge in [0.25, 0.3) is 5.69 Å². The standard InChI is InChI=1S/C17H10N2O5/c1-2-8-23-17(20)12-5-3-4-11(9-12)16-18-14-10-13(19(21)22)6-7-15(14)24-16/h1,3-7,9-10H,8H2. The highest BCUT2D eigenvalue weighted by molar-refractivity contribution is 5.91. The number of benzene rings is 2. The van der Waals surface area contributed by atoms with E-state index in [-0.39, 0.29) is 18.2 Å². The van der Waals surface area contributed by atoms with Gasteiger partial charge in [0.05, 0.1) is 10.5 Å². The molecule has 0 aliphatic heterocycles. The molecule has 7 heteroatoms. The van der Waals surface area contributed by atoms with Crippen molar-refractivity contribution in [2.75, 3.05) is 6.61 Å². The second-order valence-electron chi connectivity index (χ2n) is 4.79. The predicted octanol–water partition coefficient (Wildman–Crippen LogP) is 3.19. The summed E-state index contributed by atoms with van der Waals surface area (Å²) in [6, 6.07) is 10.6. The Morgan fingerprint density at radius 2 is 2.17 bits per heavy atom. The fourth-order valence-electron chi connectivity index (χ4n) is 2.12. The number of nitro groups is 1. The summed E-state index contributed by atoms with van der Waals surface area (Å²) in [6.07, 6.45) is 5.05. The van der Waals surface area contributed by atoms with E-state index in [9.17, 15) is 14.9 Å². The fourth-order valence-corrected chi connectivity index (χ4v) is 2.12. The Hall–Kier alpha value is -3.66. The van der Waals surface area contributed by atoms with E-state index in [1.54, 1.807) is 24.3 Å². The van der Waals surface area contributed by atoms with Crippen LogP contribution < -0.4 is 0 Å². The topological polar surface area (TPSA) is 95.5 Å². The van der Waals surface area contributed by atoms with Gasteiger partial charge in [-0.05, 0) is 24.3 Å². The molecule has 0 fully saturated rings. The smallest absolute Gasteiger partial charge is 0.339 e. The number of non-ortho nitro benzene ring substituents is 1. The minimum atomic E-state index is -0.554. The van der Waals surface area contributed by atoms with E-state index in [4.69, 9.17) is 15.6 Å². The zero-order chi connectivity index (χ0) is 17.1. The van der Waals surface area contributed by atoms with Crippen LogP contribution in [-0.2, 0) is 4.74 Å². The number of nitro benzene ring substituents is 1. The van der Waals surface area contributed by atoms with E-state index in [0.29, 0.717) is 22.2 Å². The van der Waals surface area contributed by atoms with Crippen molar-refractivity contribution in [1.82, 2.24) is 4.98 Å². The van der Waals surface area contributed by atoms with Gasteiger partial charge in [-0.1, -0.05) is 12.0 Å². The molecule has 24 heavy (non-hydrogen) atoms. The number of carbonyl (C=O) groups is 1. The van der Waals surface area contributed by atoms with E-state index < -0.39 is 10.9 Å². The predicted molar refractivity (Wildman–Crippen MR) is 85.2 cm³/mol. The maximum atomic E-state index is 11.8. The monoisotopic (exact) mass is 322 g/mol. The molecular formula is C17H10N2O5. The number of terminal acetylenes is 1. The normalized spacial score (nSPS) is 10.3. The van der Waals surface area contributed by atoms with Crippen LogP contribution >= 0.6 is 0 Å². The summed E-state index contributed by atoms with van der Waals surface area (Å²) in [5.41, 5.74) is 1.55. The third kappa shape index (κ3) is 2.94.